The first-order valence-electron chi connectivity index (χ1n) is 8.44. The standard InChI is InChI=1S/C18H18N6O4S/c19-17-9-3-5-13(21-17)11-23(12-14-6-4-10-18(20)22-14)29(27,28)16-8-2-1-7-15(16)24(25)26/h1-10H,11-12H2,(H2,19,21)(H2,20,22). The Balaban J connectivity index is 2.07. The van der Waals surface area contributed by atoms with Gasteiger partial charge in [-0.25, -0.2) is 18.4 Å². The van der Waals surface area contributed by atoms with E-state index in [0.29, 0.717) is 11.4 Å². The lowest BCUT2D eigenvalue weighted by Gasteiger charge is -2.22. The fourth-order valence-corrected chi connectivity index (χ4v) is 4.26. The number of sulfonamides is 1. The van der Waals surface area contributed by atoms with Crippen LogP contribution < -0.4 is 11.5 Å². The SMILES string of the molecule is Nc1cccc(CN(Cc2cccc(N)n2)S(=O)(=O)c2ccccc2[N+](=O)[O-])n1. The molecule has 29 heavy (non-hydrogen) atoms. The Morgan fingerprint density at radius 2 is 1.38 bits per heavy atom. The van der Waals surface area contributed by atoms with Gasteiger partial charge in [0.25, 0.3) is 15.7 Å². The van der Waals surface area contributed by atoms with E-state index in [1.807, 2.05) is 0 Å². The number of nitro groups is 1. The van der Waals surface area contributed by atoms with Crippen LogP contribution in [0.2, 0.25) is 0 Å². The summed E-state index contributed by atoms with van der Waals surface area (Å²) in [4.78, 5) is 18.5. The molecule has 2 aromatic heterocycles. The summed E-state index contributed by atoms with van der Waals surface area (Å²) < 4.78 is 27.7. The quantitative estimate of drug-likeness (QED) is 0.438. The van der Waals surface area contributed by atoms with E-state index in [0.717, 1.165) is 10.4 Å². The predicted octanol–water partition coefficient (Wildman–Crippen LogP) is 1.94. The molecule has 0 atom stereocenters. The molecule has 0 aliphatic rings. The second-order valence-electron chi connectivity index (χ2n) is 6.11. The van der Waals surface area contributed by atoms with Crippen molar-refractivity contribution in [2.24, 2.45) is 0 Å². The fourth-order valence-electron chi connectivity index (χ4n) is 2.72. The van der Waals surface area contributed by atoms with Crippen LogP contribution in [0.4, 0.5) is 17.3 Å². The summed E-state index contributed by atoms with van der Waals surface area (Å²) in [5.74, 6) is 0.459. The summed E-state index contributed by atoms with van der Waals surface area (Å²) in [6.45, 7) is -0.314. The number of rotatable bonds is 7. The van der Waals surface area contributed by atoms with E-state index in [9.17, 15) is 18.5 Å². The number of anilines is 2. The topological polar surface area (TPSA) is 158 Å². The van der Waals surface area contributed by atoms with Crippen molar-refractivity contribution < 1.29 is 13.3 Å². The number of para-hydroxylation sites is 1. The van der Waals surface area contributed by atoms with E-state index in [1.54, 1.807) is 36.4 Å². The van der Waals surface area contributed by atoms with Gasteiger partial charge in [-0.2, -0.15) is 4.31 Å². The van der Waals surface area contributed by atoms with Crippen LogP contribution in [0, 0.1) is 10.1 Å². The molecule has 0 unspecified atom stereocenters. The summed E-state index contributed by atoms with van der Waals surface area (Å²) in [5, 5.41) is 11.4. The van der Waals surface area contributed by atoms with Crippen molar-refractivity contribution in [3.8, 4) is 0 Å². The molecule has 10 nitrogen and oxygen atoms in total. The third-order valence-electron chi connectivity index (χ3n) is 4.01. The number of nitro benzene ring substituents is 1. The monoisotopic (exact) mass is 414 g/mol. The van der Waals surface area contributed by atoms with Crippen LogP contribution in [0.25, 0.3) is 0 Å². The highest BCUT2D eigenvalue weighted by atomic mass is 32.2. The molecule has 0 fully saturated rings. The molecule has 0 radical (unpaired) electrons. The number of hydrogen-bond donors (Lipinski definition) is 2. The average Bonchev–Trinajstić information content (AvgIpc) is 2.67. The average molecular weight is 414 g/mol. The van der Waals surface area contributed by atoms with Gasteiger partial charge in [0.2, 0.25) is 0 Å². The van der Waals surface area contributed by atoms with Gasteiger partial charge in [-0.1, -0.05) is 24.3 Å². The van der Waals surface area contributed by atoms with Gasteiger partial charge >= 0.3 is 0 Å². The third-order valence-corrected chi connectivity index (χ3v) is 5.85. The van der Waals surface area contributed by atoms with Crippen molar-refractivity contribution in [1.82, 2.24) is 14.3 Å². The maximum Gasteiger partial charge on any atom is 0.289 e. The molecule has 0 saturated heterocycles. The first kappa shape index (κ1) is 20.2. The smallest absolute Gasteiger partial charge is 0.289 e. The molecule has 150 valence electrons. The molecule has 0 amide bonds. The van der Waals surface area contributed by atoms with Crippen LogP contribution in [0.1, 0.15) is 11.4 Å². The minimum absolute atomic E-state index is 0.157. The van der Waals surface area contributed by atoms with Crippen LogP contribution in [-0.4, -0.2) is 27.6 Å². The normalized spacial score (nSPS) is 11.5. The van der Waals surface area contributed by atoms with Gasteiger partial charge in [0, 0.05) is 6.07 Å². The molecule has 0 aliphatic heterocycles. The lowest BCUT2D eigenvalue weighted by atomic mass is 10.3. The number of nitrogen functional groups attached to an aromatic ring is 2. The predicted molar refractivity (Wildman–Crippen MR) is 107 cm³/mol. The van der Waals surface area contributed by atoms with Crippen molar-refractivity contribution in [2.45, 2.75) is 18.0 Å². The van der Waals surface area contributed by atoms with Crippen molar-refractivity contribution in [3.05, 3.63) is 82.2 Å². The molecular formula is C18H18N6O4S. The van der Waals surface area contributed by atoms with Gasteiger partial charge in [-0.15, -0.1) is 0 Å². The van der Waals surface area contributed by atoms with E-state index >= 15 is 0 Å². The number of aromatic nitrogens is 2. The lowest BCUT2D eigenvalue weighted by molar-refractivity contribution is -0.387. The molecule has 4 N–H and O–H groups in total. The Bertz CT molecular complexity index is 1100. The van der Waals surface area contributed by atoms with Gasteiger partial charge in [-0.05, 0) is 30.3 Å². The lowest BCUT2D eigenvalue weighted by Crippen LogP contribution is -2.31. The zero-order valence-electron chi connectivity index (χ0n) is 15.2. The first-order chi connectivity index (χ1) is 13.8. The summed E-state index contributed by atoms with van der Waals surface area (Å²) in [6.07, 6.45) is 0. The Morgan fingerprint density at radius 1 is 0.862 bits per heavy atom. The highest BCUT2D eigenvalue weighted by Gasteiger charge is 2.32. The number of nitrogens with two attached hydrogens (primary N) is 2. The minimum Gasteiger partial charge on any atom is -0.384 e. The summed E-state index contributed by atoms with van der Waals surface area (Å²) in [6, 6.07) is 14.8. The highest BCUT2D eigenvalue weighted by molar-refractivity contribution is 7.89. The van der Waals surface area contributed by atoms with Crippen LogP contribution in [-0.2, 0) is 23.1 Å². The Labute approximate surface area is 167 Å². The van der Waals surface area contributed by atoms with Gasteiger partial charge in [0.1, 0.15) is 11.6 Å². The molecule has 0 bridgehead atoms. The Hall–Kier alpha value is -3.57. The minimum atomic E-state index is -4.27. The molecule has 2 heterocycles. The molecule has 0 spiro atoms. The van der Waals surface area contributed by atoms with Crippen molar-refractivity contribution in [1.29, 1.82) is 0 Å². The molecule has 3 aromatic rings. The van der Waals surface area contributed by atoms with Crippen molar-refractivity contribution in [3.63, 3.8) is 0 Å². The molecule has 0 saturated carbocycles. The van der Waals surface area contributed by atoms with Crippen molar-refractivity contribution >= 4 is 27.3 Å². The van der Waals surface area contributed by atoms with Crippen LogP contribution in [0.15, 0.2) is 65.6 Å². The Kier molecular flexibility index (Phi) is 5.71. The number of nitrogens with zero attached hydrogens (tertiary/aromatic N) is 4. The van der Waals surface area contributed by atoms with Crippen LogP contribution >= 0.6 is 0 Å². The van der Waals surface area contributed by atoms with E-state index in [4.69, 9.17) is 11.5 Å². The highest BCUT2D eigenvalue weighted by Crippen LogP contribution is 2.28. The largest absolute Gasteiger partial charge is 0.384 e. The van der Waals surface area contributed by atoms with Crippen molar-refractivity contribution in [2.75, 3.05) is 11.5 Å². The van der Waals surface area contributed by atoms with E-state index in [-0.39, 0.29) is 24.7 Å². The fraction of sp³-hybridized carbons (Fsp3) is 0.111. The summed E-state index contributed by atoms with van der Waals surface area (Å²) in [7, 11) is -4.27. The van der Waals surface area contributed by atoms with Gasteiger partial charge in [-0.3, -0.25) is 10.1 Å². The van der Waals surface area contributed by atoms with Gasteiger partial charge in [0.05, 0.1) is 29.4 Å². The zero-order chi connectivity index (χ0) is 21.0. The second-order valence-corrected chi connectivity index (χ2v) is 8.01. The van der Waals surface area contributed by atoms with Gasteiger partial charge in [0.15, 0.2) is 4.90 Å². The second kappa shape index (κ2) is 8.20. The van der Waals surface area contributed by atoms with Crippen LogP contribution in [0.3, 0.4) is 0 Å². The van der Waals surface area contributed by atoms with E-state index < -0.39 is 25.5 Å². The number of hydrogen-bond acceptors (Lipinski definition) is 8. The van der Waals surface area contributed by atoms with E-state index in [2.05, 4.69) is 9.97 Å². The Morgan fingerprint density at radius 3 is 1.86 bits per heavy atom. The molecule has 0 aliphatic carbocycles. The molecule has 11 heteroatoms. The number of benzene rings is 1. The first-order valence-corrected chi connectivity index (χ1v) is 9.88. The maximum absolute atomic E-state index is 13.3. The summed E-state index contributed by atoms with van der Waals surface area (Å²) >= 11 is 0. The molecular weight excluding hydrogens is 396 g/mol. The number of pyridine rings is 2. The van der Waals surface area contributed by atoms with E-state index in [1.165, 1.54) is 18.2 Å². The van der Waals surface area contributed by atoms with Crippen LogP contribution in [0.5, 0.6) is 0 Å². The zero-order valence-corrected chi connectivity index (χ0v) is 16.0. The molecule has 3 rings (SSSR count). The molecule has 1 aromatic carbocycles. The summed E-state index contributed by atoms with van der Waals surface area (Å²) in [5.41, 5.74) is 11.6. The maximum atomic E-state index is 13.3. The third kappa shape index (κ3) is 4.65. The van der Waals surface area contributed by atoms with Gasteiger partial charge < -0.3 is 11.5 Å².